The Labute approximate surface area is 201 Å². The molecule has 0 aliphatic heterocycles. The second-order valence-corrected chi connectivity index (χ2v) is 10.9. The molecule has 6 aromatic rings. The molecular weight excluding hydrogens is 500 g/mol. The van der Waals surface area contributed by atoms with Gasteiger partial charge in [-0.15, -0.1) is 34.5 Å². The van der Waals surface area contributed by atoms with Crippen molar-refractivity contribution in [3.63, 3.8) is 0 Å². The normalized spacial score (nSPS) is 10.3. The van der Waals surface area contributed by atoms with E-state index in [1.54, 1.807) is 0 Å². The van der Waals surface area contributed by atoms with Crippen molar-refractivity contribution in [2.24, 2.45) is 0 Å². The number of halogens is 2. The molecule has 0 saturated heterocycles. The maximum Gasteiger partial charge on any atom is -0.172 e. The average Bonchev–Trinajstić information content (AvgIpc) is 3.53. The summed E-state index contributed by atoms with van der Waals surface area (Å²) in [4.78, 5) is 0. The quantitative estimate of drug-likeness (QED) is 0.191. The number of nitrogens with zero attached hydrogens (tertiary/aromatic N) is 1. The molecule has 0 aliphatic carbocycles. The van der Waals surface area contributed by atoms with Crippen LogP contribution < -0.4 is 0 Å². The van der Waals surface area contributed by atoms with Gasteiger partial charge in [-0.1, -0.05) is 49.4 Å². The second kappa shape index (κ2) is 10.5. The molecule has 0 spiro atoms. The minimum atomic E-state index is -0.826. The predicted molar refractivity (Wildman–Crippen MR) is 132 cm³/mol. The fourth-order valence-electron chi connectivity index (χ4n) is 4.07. The smallest absolute Gasteiger partial charge is 0.172 e. The van der Waals surface area contributed by atoms with Crippen LogP contribution in [0.3, 0.4) is 0 Å². The molecule has 0 saturated carbocycles. The maximum absolute atomic E-state index is 4.93. The van der Waals surface area contributed by atoms with Gasteiger partial charge in [0, 0.05) is 16.5 Å². The average molecular weight is 522 g/mol. The first kappa shape index (κ1) is 22.1. The number of hydrogen-bond acceptors (Lipinski definition) is 0. The SMILES string of the molecule is Cc1cc2c(-n3c4ccccc4c4ccccc43)cccc2[cH-]1.[Cl][Zr+2][Cl].c1cc[cH-]c1. The van der Waals surface area contributed by atoms with Gasteiger partial charge in [0.2, 0.25) is 0 Å². The second-order valence-electron chi connectivity index (χ2n) is 7.22. The first-order valence-electron chi connectivity index (χ1n) is 10.0. The van der Waals surface area contributed by atoms with Crippen LogP contribution in [-0.4, -0.2) is 4.57 Å². The van der Waals surface area contributed by atoms with Crippen molar-refractivity contribution in [3.05, 3.63) is 115 Å². The van der Waals surface area contributed by atoms with Crippen molar-refractivity contribution in [1.82, 2.24) is 4.57 Å². The predicted octanol–water partition coefficient (Wildman–Crippen LogP) is 8.75. The monoisotopic (exact) mass is 519 g/mol. The number of aryl methyl sites for hydroxylation is 1. The summed E-state index contributed by atoms with van der Waals surface area (Å²) >= 11 is -0.826. The van der Waals surface area contributed by atoms with E-state index < -0.39 is 20.8 Å². The van der Waals surface area contributed by atoms with E-state index in [1.807, 2.05) is 30.3 Å². The standard InChI is InChI=1S/C22H16N.C5H5.2ClH.Zr/c1-15-13-16-7-6-12-22(19(16)14-15)23-20-10-4-2-8-17(20)18-9-3-5-11-21(18)23;1-2-4-5-3-1;;;/h2-14H,1H3;1-5H;2*1H;/q2*-1;;;+4/p-2. The van der Waals surface area contributed by atoms with Gasteiger partial charge in [-0.25, -0.2) is 12.1 Å². The molecule has 5 aromatic carbocycles. The summed E-state index contributed by atoms with van der Waals surface area (Å²) in [5.41, 5.74) is 5.10. The van der Waals surface area contributed by atoms with E-state index in [0.29, 0.717) is 0 Å². The molecule has 31 heavy (non-hydrogen) atoms. The molecule has 1 nitrogen and oxygen atoms in total. The Balaban J connectivity index is 0.000000247. The van der Waals surface area contributed by atoms with Crippen LogP contribution in [0.15, 0.2) is 109 Å². The van der Waals surface area contributed by atoms with Gasteiger partial charge >= 0.3 is 37.9 Å². The van der Waals surface area contributed by atoms with Gasteiger partial charge in [0.15, 0.2) is 0 Å². The van der Waals surface area contributed by atoms with E-state index in [4.69, 9.17) is 17.0 Å². The van der Waals surface area contributed by atoms with E-state index in [1.165, 1.54) is 43.8 Å². The zero-order chi connectivity index (χ0) is 21.6. The Morgan fingerprint density at radius 3 is 1.84 bits per heavy atom. The van der Waals surface area contributed by atoms with Crippen LogP contribution in [0.25, 0.3) is 38.3 Å². The molecule has 0 bridgehead atoms. The molecule has 4 heteroatoms. The fourth-order valence-corrected chi connectivity index (χ4v) is 4.07. The number of rotatable bonds is 1. The van der Waals surface area contributed by atoms with E-state index >= 15 is 0 Å². The third-order valence-corrected chi connectivity index (χ3v) is 5.25. The molecule has 6 rings (SSSR count). The summed E-state index contributed by atoms with van der Waals surface area (Å²) in [7, 11) is 9.87. The third-order valence-electron chi connectivity index (χ3n) is 5.25. The van der Waals surface area contributed by atoms with Gasteiger partial charge in [-0.2, -0.15) is 24.3 Å². The minimum Gasteiger partial charge on any atom is -0.214 e. The van der Waals surface area contributed by atoms with Gasteiger partial charge in [0.25, 0.3) is 0 Å². The van der Waals surface area contributed by atoms with Crippen molar-refractivity contribution in [2.45, 2.75) is 6.92 Å². The summed E-state index contributed by atoms with van der Waals surface area (Å²) in [6.07, 6.45) is 0. The minimum absolute atomic E-state index is 0.826. The van der Waals surface area contributed by atoms with Gasteiger partial charge in [-0.05, 0) is 12.1 Å². The van der Waals surface area contributed by atoms with Gasteiger partial charge in [0.1, 0.15) is 0 Å². The maximum atomic E-state index is 4.93. The Morgan fingerprint density at radius 2 is 1.29 bits per heavy atom. The Kier molecular flexibility index (Phi) is 7.46. The van der Waals surface area contributed by atoms with Crippen molar-refractivity contribution >= 4 is 49.6 Å². The molecule has 0 atom stereocenters. The molecule has 0 aliphatic rings. The van der Waals surface area contributed by atoms with Crippen molar-refractivity contribution in [2.75, 3.05) is 0 Å². The molecule has 0 fully saturated rings. The number of fused-ring (bicyclic) bond motifs is 4. The molecule has 0 radical (unpaired) electrons. The fraction of sp³-hybridized carbons (Fsp3) is 0.0370. The van der Waals surface area contributed by atoms with Crippen LogP contribution >= 0.6 is 17.0 Å². The molecule has 0 amide bonds. The zero-order valence-corrected chi connectivity index (χ0v) is 21.1. The van der Waals surface area contributed by atoms with Crippen LogP contribution in [0, 0.1) is 6.92 Å². The largest absolute Gasteiger partial charge is 0.214 e. The van der Waals surface area contributed by atoms with Gasteiger partial charge in [-0.3, -0.25) is 0 Å². The Bertz CT molecular complexity index is 1320. The summed E-state index contributed by atoms with van der Waals surface area (Å²) in [6.45, 7) is 2.16. The molecule has 0 unspecified atom stereocenters. The zero-order valence-electron chi connectivity index (χ0n) is 17.1. The molecule has 152 valence electrons. The Morgan fingerprint density at radius 1 is 0.710 bits per heavy atom. The molecule has 0 N–H and O–H groups in total. The van der Waals surface area contributed by atoms with E-state index in [-0.39, 0.29) is 0 Å². The first-order valence-corrected chi connectivity index (χ1v) is 16.3. The van der Waals surface area contributed by atoms with Crippen molar-refractivity contribution in [3.8, 4) is 5.69 Å². The summed E-state index contributed by atoms with van der Waals surface area (Å²) < 4.78 is 2.40. The molecule has 1 heterocycles. The van der Waals surface area contributed by atoms with Gasteiger partial charge < -0.3 is 4.57 Å². The molecular formula is C27H21Cl2NZr. The topological polar surface area (TPSA) is 4.93 Å². The van der Waals surface area contributed by atoms with Gasteiger partial charge in [0.05, 0.1) is 11.0 Å². The first-order chi connectivity index (χ1) is 15.2. The number of benzene rings is 3. The van der Waals surface area contributed by atoms with Crippen molar-refractivity contribution < 1.29 is 20.8 Å². The van der Waals surface area contributed by atoms with E-state index in [9.17, 15) is 0 Å². The van der Waals surface area contributed by atoms with E-state index in [0.717, 1.165) is 0 Å². The number of para-hydroxylation sites is 2. The molecule has 1 aromatic heterocycles. The van der Waals surface area contributed by atoms with Crippen LogP contribution in [0.2, 0.25) is 0 Å². The summed E-state index contributed by atoms with van der Waals surface area (Å²) in [5, 5.41) is 5.24. The van der Waals surface area contributed by atoms with Crippen LogP contribution in [0.1, 0.15) is 5.56 Å². The van der Waals surface area contributed by atoms with Crippen LogP contribution in [-0.2, 0) is 20.8 Å². The van der Waals surface area contributed by atoms with Crippen LogP contribution in [0.4, 0.5) is 0 Å². The summed E-state index contributed by atoms with van der Waals surface area (Å²) in [6, 6.07) is 38.4. The van der Waals surface area contributed by atoms with Crippen LogP contribution in [0.5, 0.6) is 0 Å². The number of aromatic nitrogens is 1. The van der Waals surface area contributed by atoms with E-state index in [2.05, 4.69) is 90.4 Å². The Hall–Kier alpha value is -2.12. The van der Waals surface area contributed by atoms with Crippen molar-refractivity contribution in [1.29, 1.82) is 0 Å². The third kappa shape index (κ3) is 4.72. The summed E-state index contributed by atoms with van der Waals surface area (Å²) in [5.74, 6) is 0. The number of hydrogen-bond donors (Lipinski definition) is 0.